The molecule has 0 unspecified atom stereocenters. The van der Waals surface area contributed by atoms with Gasteiger partial charge in [-0.3, -0.25) is 0 Å². The van der Waals surface area contributed by atoms with Gasteiger partial charge in [-0.15, -0.1) is 0 Å². The molecule has 0 saturated heterocycles. The fraction of sp³-hybridized carbons (Fsp3) is 1.00. The number of rotatable bonds is 7. The fourth-order valence-corrected chi connectivity index (χ4v) is 111. The maximum absolute atomic E-state index is 6.07. The average Bonchev–Trinajstić information content (AvgIpc) is 2.19. The van der Waals surface area contributed by atoms with E-state index in [1.54, 1.807) is 21.3 Å². The van der Waals surface area contributed by atoms with Gasteiger partial charge in [0, 0.05) is 29.3 Å². The molecule has 0 atom stereocenters. The van der Waals surface area contributed by atoms with Crippen molar-refractivity contribution in [2.24, 2.45) is 0 Å². The van der Waals surface area contributed by atoms with E-state index >= 15 is 0 Å². The van der Waals surface area contributed by atoms with E-state index in [0.29, 0.717) is 0 Å². The van der Waals surface area contributed by atoms with Gasteiger partial charge in [0.2, 0.25) is 0 Å². The minimum absolute atomic E-state index is 1.49. The first-order valence-electron chi connectivity index (χ1n) is 7.47. The van der Waals surface area contributed by atoms with E-state index in [2.05, 4.69) is 58.9 Å². The Morgan fingerprint density at radius 1 is 0.500 bits per heavy atom. The molecule has 0 rings (SSSR count). The first-order valence-corrected chi connectivity index (χ1v) is 23.0. The molecular weight excluding hydrogens is 315 g/mol. The smallest absolute Gasteiger partial charge is 0.352 e. The molecule has 0 bridgehead atoms. The fourth-order valence-electron chi connectivity index (χ4n) is 5.78. The summed E-state index contributed by atoms with van der Waals surface area (Å²) in [5.41, 5.74) is 0. The van der Waals surface area contributed by atoms with Gasteiger partial charge in [-0.2, -0.15) is 0 Å². The van der Waals surface area contributed by atoms with Crippen molar-refractivity contribution in [3.8, 4) is 0 Å². The van der Waals surface area contributed by atoms with Crippen LogP contribution >= 0.6 is 0 Å². The molecule has 0 amide bonds. The largest absolute Gasteiger partial charge is 0.550 e. The predicted octanol–water partition coefficient (Wildman–Crippen LogP) is 3.64. The van der Waals surface area contributed by atoms with Crippen LogP contribution in [0.3, 0.4) is 0 Å². The lowest BCUT2D eigenvalue weighted by molar-refractivity contribution is 0.147. The van der Waals surface area contributed by atoms with Gasteiger partial charge in [0.05, 0.1) is 0 Å². The molecule has 0 aliphatic carbocycles. The highest BCUT2D eigenvalue weighted by molar-refractivity contribution is 8.04. The summed E-state index contributed by atoms with van der Waals surface area (Å²) < 4.78 is 18.2. The maximum atomic E-state index is 6.07. The van der Waals surface area contributed by atoms with Crippen LogP contribution in [0.15, 0.2) is 0 Å². The quantitative estimate of drug-likeness (QED) is 0.656. The Morgan fingerprint density at radius 3 is 0.750 bits per heavy atom. The van der Waals surface area contributed by atoms with Crippen molar-refractivity contribution >= 4 is 35.6 Å². The second-order valence-corrected chi connectivity index (χ2v) is 49.8. The Hall–Kier alpha value is 0.812. The summed E-state index contributed by atoms with van der Waals surface area (Å²) in [6.07, 6.45) is -1.59. The molecule has 8 heteroatoms. The first kappa shape index (κ1) is 20.8. The number of hydrogen-bond donors (Lipinski definition) is 0. The van der Waals surface area contributed by atoms with Crippen molar-refractivity contribution in [3.63, 3.8) is 0 Å². The molecule has 122 valence electrons. The Labute approximate surface area is 130 Å². The van der Waals surface area contributed by atoms with Crippen LogP contribution in [0, 0.1) is 0 Å². The van der Waals surface area contributed by atoms with E-state index in [1.165, 1.54) is 0 Å². The molecular formula is C12H36BO3Si4-. The van der Waals surface area contributed by atoms with Crippen LogP contribution < -0.4 is 0 Å². The lowest BCUT2D eigenvalue weighted by Crippen LogP contribution is -2.95. The summed E-state index contributed by atoms with van der Waals surface area (Å²) in [7, 11) is 0.888. The van der Waals surface area contributed by atoms with Crippen LogP contribution in [0.5, 0.6) is 0 Å². The molecule has 20 heavy (non-hydrogen) atoms. The molecule has 0 aliphatic heterocycles. The zero-order valence-electron chi connectivity index (χ0n) is 15.8. The van der Waals surface area contributed by atoms with E-state index in [1.807, 2.05) is 0 Å². The zero-order valence-corrected chi connectivity index (χ0v) is 19.8. The Kier molecular flexibility index (Phi) is 6.38. The molecule has 0 radical (unpaired) electrons. The van der Waals surface area contributed by atoms with Gasteiger partial charge in [-0.25, -0.2) is 0 Å². The molecule has 3 nitrogen and oxygen atoms in total. The molecule has 0 aromatic heterocycles. The zero-order chi connectivity index (χ0) is 16.6. The van der Waals surface area contributed by atoms with Gasteiger partial charge >= 0.3 is 6.35 Å². The van der Waals surface area contributed by atoms with E-state index in [4.69, 9.17) is 14.0 Å². The van der Waals surface area contributed by atoms with Crippen molar-refractivity contribution in [2.75, 3.05) is 21.3 Å². The van der Waals surface area contributed by atoms with E-state index < -0.39 is 35.6 Å². The van der Waals surface area contributed by atoms with E-state index in [-0.39, 0.29) is 0 Å². The molecule has 0 saturated carbocycles. The highest BCUT2D eigenvalue weighted by Crippen LogP contribution is 2.43. The second kappa shape index (κ2) is 6.13. The van der Waals surface area contributed by atoms with Crippen LogP contribution in [0.4, 0.5) is 0 Å². The monoisotopic (exact) mass is 351 g/mol. The summed E-state index contributed by atoms with van der Waals surface area (Å²) in [5.74, 6) is 0. The standard InChI is InChI=1S/C12H36BO3Si4/c1-14-13(15-2,16-3)20(17(4,5)6,18(7,8)9)19(10,11)12/h1-12H3/q-1. The third-order valence-electron chi connectivity index (χ3n) is 5.01. The van der Waals surface area contributed by atoms with Crippen LogP contribution in [-0.2, 0) is 14.0 Å². The molecule has 0 aromatic rings. The summed E-state index contributed by atoms with van der Waals surface area (Å²) >= 11 is 0. The third kappa shape index (κ3) is 2.84. The number of hydrogen-bond acceptors (Lipinski definition) is 3. The Balaban J connectivity index is 6.78. The maximum Gasteiger partial charge on any atom is 0.352 e. The van der Waals surface area contributed by atoms with E-state index in [0.717, 1.165) is 0 Å². The molecule has 0 N–H and O–H groups in total. The van der Waals surface area contributed by atoms with Crippen LogP contribution in [0.25, 0.3) is 0 Å². The second-order valence-electron chi connectivity index (χ2n) is 8.91. The van der Waals surface area contributed by atoms with Crippen LogP contribution in [0.2, 0.25) is 58.9 Å². The highest BCUT2D eigenvalue weighted by Gasteiger charge is 2.69. The van der Waals surface area contributed by atoms with Crippen molar-refractivity contribution in [2.45, 2.75) is 58.9 Å². The SMILES string of the molecule is CO[B-](OC)(OC)[Si]([Si](C)(C)C)([Si](C)(C)C)[Si](C)(C)C. The minimum Gasteiger partial charge on any atom is -0.550 e. The van der Waals surface area contributed by atoms with Gasteiger partial charge in [0.25, 0.3) is 0 Å². The average molecular weight is 352 g/mol. The summed E-state index contributed by atoms with van der Waals surface area (Å²) in [5, 5.41) is 0. The topological polar surface area (TPSA) is 27.7 Å². The Bertz CT molecular complexity index is 283. The Morgan fingerprint density at radius 2 is 0.700 bits per heavy atom. The van der Waals surface area contributed by atoms with Crippen molar-refractivity contribution in [1.29, 1.82) is 0 Å². The van der Waals surface area contributed by atoms with Gasteiger partial charge in [-0.05, 0) is 21.3 Å². The van der Waals surface area contributed by atoms with Crippen LogP contribution in [-0.4, -0.2) is 56.9 Å². The molecule has 0 aromatic carbocycles. The highest BCUT2D eigenvalue weighted by atomic mass is 29.9. The van der Waals surface area contributed by atoms with Crippen molar-refractivity contribution in [1.82, 2.24) is 0 Å². The summed E-state index contributed by atoms with van der Waals surface area (Å²) in [6.45, 7) is 20.8. The normalized spacial score (nSPS) is 15.6. The molecule has 0 fully saturated rings. The van der Waals surface area contributed by atoms with Gasteiger partial charge in [0.15, 0.2) is 0 Å². The predicted molar refractivity (Wildman–Crippen MR) is 103 cm³/mol. The first-order chi connectivity index (χ1) is 8.68. The van der Waals surface area contributed by atoms with Gasteiger partial charge < -0.3 is 14.0 Å². The third-order valence-corrected chi connectivity index (χ3v) is 78.9. The summed E-state index contributed by atoms with van der Waals surface area (Å²) in [4.78, 5) is 0. The lowest BCUT2D eigenvalue weighted by atomic mass is 10.2. The summed E-state index contributed by atoms with van der Waals surface area (Å²) in [6, 6.07) is 0. The van der Waals surface area contributed by atoms with Crippen LogP contribution in [0.1, 0.15) is 0 Å². The minimum atomic E-state index is -1.87. The van der Waals surface area contributed by atoms with Crippen molar-refractivity contribution in [3.05, 3.63) is 0 Å². The molecule has 0 aliphatic rings. The lowest BCUT2D eigenvalue weighted by Gasteiger charge is -2.68. The molecule has 0 spiro atoms. The molecule has 0 heterocycles. The van der Waals surface area contributed by atoms with Gasteiger partial charge in [-0.1, -0.05) is 58.9 Å². The van der Waals surface area contributed by atoms with E-state index in [9.17, 15) is 0 Å². The van der Waals surface area contributed by atoms with Gasteiger partial charge in [0.1, 0.15) is 0 Å². The van der Waals surface area contributed by atoms with Crippen molar-refractivity contribution < 1.29 is 14.0 Å².